The maximum atomic E-state index is 10.9. The molecule has 0 saturated heterocycles. The van der Waals surface area contributed by atoms with Crippen molar-refractivity contribution in [1.29, 1.82) is 0 Å². The van der Waals surface area contributed by atoms with Gasteiger partial charge in [-0.2, -0.15) is 0 Å². The van der Waals surface area contributed by atoms with Crippen molar-refractivity contribution in [2.75, 3.05) is 11.5 Å². The minimum atomic E-state index is -0.819. The van der Waals surface area contributed by atoms with Crippen LogP contribution in [0.5, 0.6) is 0 Å². The number of halogens is 1. The third-order valence-corrected chi connectivity index (χ3v) is 4.08. The molecule has 0 atom stereocenters. The molecule has 0 amide bonds. The minimum absolute atomic E-state index is 0.450. The Hall–Kier alpha value is -0.870. The van der Waals surface area contributed by atoms with Crippen LogP contribution in [-0.4, -0.2) is 16.8 Å². The lowest BCUT2D eigenvalue weighted by molar-refractivity contribution is -0.145. The lowest BCUT2D eigenvalue weighted by Gasteiger charge is -2.18. The number of carboxylic acids is 1. The van der Waals surface area contributed by atoms with Gasteiger partial charge in [-0.1, -0.05) is 11.6 Å². The van der Waals surface area contributed by atoms with Gasteiger partial charge in [-0.05, 0) is 32.0 Å². The fourth-order valence-corrected chi connectivity index (χ4v) is 2.30. The summed E-state index contributed by atoms with van der Waals surface area (Å²) in [5, 5.41) is 9.57. The van der Waals surface area contributed by atoms with E-state index in [1.165, 1.54) is 11.8 Å². The quantitative estimate of drug-likeness (QED) is 0.644. The summed E-state index contributed by atoms with van der Waals surface area (Å²) in [5.41, 5.74) is 5.48. The monoisotopic (exact) mass is 259 g/mol. The van der Waals surface area contributed by atoms with E-state index < -0.39 is 11.4 Å². The first-order valence-corrected chi connectivity index (χ1v) is 6.10. The number of thioether (sulfide) groups is 1. The second-order valence-electron chi connectivity index (χ2n) is 4.17. The van der Waals surface area contributed by atoms with Crippen molar-refractivity contribution in [2.24, 2.45) is 5.41 Å². The first kappa shape index (κ1) is 13.2. The smallest absolute Gasteiger partial charge is 0.309 e. The molecule has 1 rings (SSSR count). The molecule has 0 radical (unpaired) electrons. The SMILES string of the molecule is CC(C)(CSc1cc(N)ccc1Cl)C(=O)O. The predicted octanol–water partition coefficient (Wildman–Crippen LogP) is 3.13. The molecule has 5 heteroatoms. The lowest BCUT2D eigenvalue weighted by Crippen LogP contribution is -2.26. The Balaban J connectivity index is 2.75. The number of carbonyl (C=O) groups is 1. The third kappa shape index (κ3) is 3.32. The first-order valence-electron chi connectivity index (χ1n) is 4.74. The van der Waals surface area contributed by atoms with Gasteiger partial charge < -0.3 is 10.8 Å². The van der Waals surface area contributed by atoms with Gasteiger partial charge in [-0.25, -0.2) is 0 Å². The normalized spacial score (nSPS) is 11.4. The largest absolute Gasteiger partial charge is 0.481 e. The van der Waals surface area contributed by atoms with Crippen LogP contribution in [-0.2, 0) is 4.79 Å². The van der Waals surface area contributed by atoms with Crippen LogP contribution in [0.2, 0.25) is 5.02 Å². The van der Waals surface area contributed by atoms with E-state index in [2.05, 4.69) is 0 Å². The van der Waals surface area contributed by atoms with Gasteiger partial charge >= 0.3 is 5.97 Å². The van der Waals surface area contributed by atoms with Gasteiger partial charge in [-0.3, -0.25) is 4.79 Å². The molecular formula is C11H14ClNO2S. The van der Waals surface area contributed by atoms with Gasteiger partial charge in [0.05, 0.1) is 10.4 Å². The summed E-state index contributed by atoms with van der Waals surface area (Å²) in [6, 6.07) is 5.19. The minimum Gasteiger partial charge on any atom is -0.481 e. The van der Waals surface area contributed by atoms with Crippen molar-refractivity contribution >= 4 is 35.0 Å². The molecule has 0 spiro atoms. The van der Waals surface area contributed by atoms with Crippen LogP contribution in [0.25, 0.3) is 0 Å². The van der Waals surface area contributed by atoms with Gasteiger partial charge in [0.1, 0.15) is 0 Å². The third-order valence-electron chi connectivity index (χ3n) is 2.12. The highest BCUT2D eigenvalue weighted by Crippen LogP contribution is 2.33. The summed E-state index contributed by atoms with van der Waals surface area (Å²) in [7, 11) is 0. The van der Waals surface area contributed by atoms with Crippen LogP contribution in [0, 0.1) is 5.41 Å². The number of hydrogen-bond acceptors (Lipinski definition) is 3. The molecule has 1 aromatic carbocycles. The van der Waals surface area contributed by atoms with Crippen LogP contribution in [0.4, 0.5) is 5.69 Å². The van der Waals surface area contributed by atoms with E-state index in [-0.39, 0.29) is 0 Å². The van der Waals surface area contributed by atoms with Crippen LogP contribution >= 0.6 is 23.4 Å². The maximum absolute atomic E-state index is 10.9. The maximum Gasteiger partial charge on any atom is 0.309 e. The highest BCUT2D eigenvalue weighted by atomic mass is 35.5. The molecular weight excluding hydrogens is 246 g/mol. The molecule has 0 saturated carbocycles. The Bertz CT molecular complexity index is 407. The first-order chi connectivity index (χ1) is 7.33. The van der Waals surface area contributed by atoms with Crippen LogP contribution in [0.3, 0.4) is 0 Å². The predicted molar refractivity (Wildman–Crippen MR) is 68.0 cm³/mol. The summed E-state index contributed by atoms with van der Waals surface area (Å²) in [6.07, 6.45) is 0. The lowest BCUT2D eigenvalue weighted by atomic mass is 9.97. The molecule has 3 N–H and O–H groups in total. The number of nitrogens with two attached hydrogens (primary N) is 1. The van der Waals surface area contributed by atoms with Gasteiger partial charge in [0, 0.05) is 16.3 Å². The zero-order valence-electron chi connectivity index (χ0n) is 9.16. The molecule has 0 bridgehead atoms. The molecule has 0 unspecified atom stereocenters. The Morgan fingerprint density at radius 2 is 2.19 bits per heavy atom. The molecule has 3 nitrogen and oxygen atoms in total. The van der Waals surface area contributed by atoms with Crippen molar-refractivity contribution in [3.63, 3.8) is 0 Å². The summed E-state index contributed by atoms with van der Waals surface area (Å²) in [5.74, 6) is -0.370. The van der Waals surface area contributed by atoms with Crippen LogP contribution in [0.1, 0.15) is 13.8 Å². The summed E-state index contributed by atoms with van der Waals surface area (Å²) >= 11 is 7.38. The Kier molecular flexibility index (Phi) is 4.10. The second-order valence-corrected chi connectivity index (χ2v) is 5.59. The molecule has 0 aromatic heterocycles. The average molecular weight is 260 g/mol. The van der Waals surface area contributed by atoms with E-state index in [9.17, 15) is 4.79 Å². The number of nitrogen functional groups attached to an aromatic ring is 1. The summed E-state index contributed by atoms with van der Waals surface area (Å²) in [4.78, 5) is 11.7. The van der Waals surface area contributed by atoms with E-state index in [1.807, 2.05) is 0 Å². The van der Waals surface area contributed by atoms with Crippen LogP contribution in [0.15, 0.2) is 23.1 Å². The summed E-state index contributed by atoms with van der Waals surface area (Å²) in [6.45, 7) is 3.37. The van der Waals surface area contributed by atoms with E-state index in [0.29, 0.717) is 16.5 Å². The number of aliphatic carboxylic acids is 1. The summed E-state index contributed by atoms with van der Waals surface area (Å²) < 4.78 is 0. The molecule has 0 aliphatic heterocycles. The molecule has 0 fully saturated rings. The van der Waals surface area contributed by atoms with Crippen molar-refractivity contribution < 1.29 is 9.90 Å². The van der Waals surface area contributed by atoms with Crippen molar-refractivity contribution in [3.8, 4) is 0 Å². The molecule has 16 heavy (non-hydrogen) atoms. The van der Waals surface area contributed by atoms with E-state index >= 15 is 0 Å². The standard InChI is InChI=1S/C11H14ClNO2S/c1-11(2,10(14)15)6-16-9-5-7(13)3-4-8(9)12/h3-5H,6,13H2,1-2H3,(H,14,15). The topological polar surface area (TPSA) is 63.3 Å². The fourth-order valence-electron chi connectivity index (χ4n) is 0.950. The Labute approximate surface area is 104 Å². The average Bonchev–Trinajstić information content (AvgIpc) is 2.19. The van der Waals surface area contributed by atoms with E-state index in [0.717, 1.165) is 4.90 Å². The Morgan fingerprint density at radius 3 is 2.75 bits per heavy atom. The van der Waals surface area contributed by atoms with Crippen molar-refractivity contribution in [3.05, 3.63) is 23.2 Å². The number of rotatable bonds is 4. The molecule has 0 heterocycles. The van der Waals surface area contributed by atoms with E-state index in [4.69, 9.17) is 22.4 Å². The zero-order chi connectivity index (χ0) is 12.3. The van der Waals surface area contributed by atoms with Crippen molar-refractivity contribution in [2.45, 2.75) is 18.7 Å². The highest BCUT2D eigenvalue weighted by molar-refractivity contribution is 7.99. The number of anilines is 1. The van der Waals surface area contributed by atoms with Gasteiger partial charge in [0.25, 0.3) is 0 Å². The highest BCUT2D eigenvalue weighted by Gasteiger charge is 2.27. The molecule has 0 aliphatic rings. The molecule has 1 aromatic rings. The number of hydrogen-bond donors (Lipinski definition) is 2. The van der Waals surface area contributed by atoms with Gasteiger partial charge in [0.15, 0.2) is 0 Å². The van der Waals surface area contributed by atoms with E-state index in [1.54, 1.807) is 32.0 Å². The van der Waals surface area contributed by atoms with Crippen molar-refractivity contribution in [1.82, 2.24) is 0 Å². The zero-order valence-corrected chi connectivity index (χ0v) is 10.7. The molecule has 88 valence electrons. The van der Waals surface area contributed by atoms with Crippen LogP contribution < -0.4 is 5.73 Å². The molecule has 0 aliphatic carbocycles. The fraction of sp³-hybridized carbons (Fsp3) is 0.364. The Morgan fingerprint density at radius 1 is 1.56 bits per heavy atom. The van der Waals surface area contributed by atoms with Gasteiger partial charge in [-0.15, -0.1) is 11.8 Å². The number of benzene rings is 1. The van der Waals surface area contributed by atoms with Gasteiger partial charge in [0.2, 0.25) is 0 Å². The number of carboxylic acid groups (broad SMARTS) is 1. The second kappa shape index (κ2) is 4.97.